The van der Waals surface area contributed by atoms with Crippen LogP contribution >= 0.6 is 11.8 Å². The fourth-order valence-corrected chi connectivity index (χ4v) is 3.79. The zero-order valence-corrected chi connectivity index (χ0v) is 12.4. The second-order valence-electron chi connectivity index (χ2n) is 5.01. The molecule has 1 aromatic rings. The van der Waals surface area contributed by atoms with Crippen LogP contribution in [0.4, 0.5) is 5.69 Å². The van der Waals surface area contributed by atoms with Crippen molar-refractivity contribution in [1.82, 2.24) is 5.32 Å². The lowest BCUT2D eigenvalue weighted by atomic mass is 10.2. The molecule has 1 amide bonds. The number of thioether (sulfide) groups is 1. The first kappa shape index (κ1) is 14.4. The molecule has 4 heteroatoms. The second-order valence-corrected chi connectivity index (χ2v) is 6.39. The topological polar surface area (TPSA) is 41.1 Å². The summed E-state index contributed by atoms with van der Waals surface area (Å²) in [4.78, 5) is 12.2. The minimum Gasteiger partial charge on any atom is -0.326 e. The van der Waals surface area contributed by atoms with Gasteiger partial charge in [0.05, 0.1) is 0 Å². The molecule has 0 aromatic heterocycles. The third-order valence-corrected chi connectivity index (χ3v) is 4.66. The monoisotopic (exact) mass is 278 g/mol. The van der Waals surface area contributed by atoms with Gasteiger partial charge >= 0.3 is 0 Å². The Labute approximate surface area is 119 Å². The van der Waals surface area contributed by atoms with E-state index in [0.29, 0.717) is 6.04 Å². The molecule has 1 saturated carbocycles. The minimum atomic E-state index is -0.0234. The Morgan fingerprint density at radius 3 is 2.68 bits per heavy atom. The molecule has 3 nitrogen and oxygen atoms in total. The van der Waals surface area contributed by atoms with Crippen molar-refractivity contribution in [2.75, 3.05) is 11.9 Å². The number of hydrogen-bond donors (Lipinski definition) is 2. The molecule has 1 aromatic carbocycles. The first-order chi connectivity index (χ1) is 9.17. The Kier molecular flexibility index (Phi) is 5.28. The maximum Gasteiger partial charge on any atom is 0.221 e. The zero-order chi connectivity index (χ0) is 13.7. The molecule has 2 unspecified atom stereocenters. The van der Waals surface area contributed by atoms with E-state index >= 15 is 0 Å². The van der Waals surface area contributed by atoms with Crippen molar-refractivity contribution >= 4 is 23.4 Å². The lowest BCUT2D eigenvalue weighted by Gasteiger charge is -2.12. The van der Waals surface area contributed by atoms with Gasteiger partial charge in [0, 0.05) is 28.8 Å². The average Bonchev–Trinajstić information content (AvgIpc) is 2.79. The van der Waals surface area contributed by atoms with Gasteiger partial charge in [-0.2, -0.15) is 0 Å². The third kappa shape index (κ3) is 4.55. The molecule has 1 fully saturated rings. The lowest BCUT2D eigenvalue weighted by molar-refractivity contribution is -0.114. The highest BCUT2D eigenvalue weighted by molar-refractivity contribution is 8.00. The molecule has 2 N–H and O–H groups in total. The SMILES string of the molecule is CCNC1CCC(Sc2ccc(NC(C)=O)cc2)C1. The van der Waals surface area contributed by atoms with Crippen molar-refractivity contribution in [3.63, 3.8) is 0 Å². The van der Waals surface area contributed by atoms with Gasteiger partial charge in [0.1, 0.15) is 0 Å². The summed E-state index contributed by atoms with van der Waals surface area (Å²) in [5.74, 6) is -0.0234. The van der Waals surface area contributed by atoms with Gasteiger partial charge in [-0.15, -0.1) is 11.8 Å². The standard InChI is InChI=1S/C15H22N2OS/c1-3-16-13-6-9-15(10-13)19-14-7-4-12(5-8-14)17-11(2)18/h4-5,7-8,13,15-16H,3,6,9-10H2,1-2H3,(H,17,18). The number of carbonyl (C=O) groups excluding carboxylic acids is 1. The number of anilines is 1. The quantitative estimate of drug-likeness (QED) is 0.868. The van der Waals surface area contributed by atoms with E-state index in [1.165, 1.54) is 31.1 Å². The maximum absolute atomic E-state index is 11.0. The first-order valence-corrected chi connectivity index (χ1v) is 7.83. The molecule has 0 saturated heterocycles. The molecule has 0 bridgehead atoms. The fraction of sp³-hybridized carbons (Fsp3) is 0.533. The second kappa shape index (κ2) is 6.96. The molecule has 0 aliphatic heterocycles. The number of benzene rings is 1. The summed E-state index contributed by atoms with van der Waals surface area (Å²) >= 11 is 1.96. The molecular formula is C15H22N2OS. The molecule has 1 aliphatic carbocycles. The summed E-state index contributed by atoms with van der Waals surface area (Å²) in [6.07, 6.45) is 3.83. The van der Waals surface area contributed by atoms with Gasteiger partial charge in [-0.05, 0) is 50.1 Å². The number of rotatable bonds is 5. The van der Waals surface area contributed by atoms with Crippen molar-refractivity contribution in [1.29, 1.82) is 0 Å². The van der Waals surface area contributed by atoms with E-state index < -0.39 is 0 Å². The minimum absolute atomic E-state index is 0.0234. The predicted molar refractivity (Wildman–Crippen MR) is 81.7 cm³/mol. The van der Waals surface area contributed by atoms with Crippen LogP contribution in [-0.4, -0.2) is 23.7 Å². The Bertz CT molecular complexity index is 419. The predicted octanol–water partition coefficient (Wildman–Crippen LogP) is 3.27. The van der Waals surface area contributed by atoms with Crippen LogP contribution < -0.4 is 10.6 Å². The molecule has 2 atom stereocenters. The van der Waals surface area contributed by atoms with Gasteiger partial charge in [-0.1, -0.05) is 6.92 Å². The van der Waals surface area contributed by atoms with E-state index in [-0.39, 0.29) is 5.91 Å². The summed E-state index contributed by atoms with van der Waals surface area (Å²) in [6, 6.07) is 8.83. The largest absolute Gasteiger partial charge is 0.326 e. The molecule has 0 radical (unpaired) electrons. The number of carbonyl (C=O) groups is 1. The van der Waals surface area contributed by atoms with Crippen LogP contribution in [0.5, 0.6) is 0 Å². The number of hydrogen-bond acceptors (Lipinski definition) is 3. The van der Waals surface area contributed by atoms with Crippen LogP contribution in [0.3, 0.4) is 0 Å². The van der Waals surface area contributed by atoms with Crippen molar-refractivity contribution in [2.45, 2.75) is 49.3 Å². The van der Waals surface area contributed by atoms with Crippen LogP contribution in [0.2, 0.25) is 0 Å². The molecule has 0 spiro atoms. The van der Waals surface area contributed by atoms with Crippen molar-refractivity contribution in [3.05, 3.63) is 24.3 Å². The molecule has 1 aliphatic rings. The van der Waals surface area contributed by atoms with Crippen LogP contribution in [0, 0.1) is 0 Å². The van der Waals surface area contributed by atoms with Crippen LogP contribution in [0.1, 0.15) is 33.1 Å². The Morgan fingerprint density at radius 1 is 1.32 bits per heavy atom. The summed E-state index contributed by atoms with van der Waals surface area (Å²) < 4.78 is 0. The highest BCUT2D eigenvalue weighted by Crippen LogP contribution is 2.35. The van der Waals surface area contributed by atoms with Gasteiger partial charge in [-0.25, -0.2) is 0 Å². The van der Waals surface area contributed by atoms with E-state index in [1.807, 2.05) is 23.9 Å². The Hall–Kier alpha value is -1.00. The van der Waals surface area contributed by atoms with E-state index in [4.69, 9.17) is 0 Å². The maximum atomic E-state index is 11.0. The number of nitrogens with one attached hydrogen (secondary N) is 2. The lowest BCUT2D eigenvalue weighted by Crippen LogP contribution is -2.26. The van der Waals surface area contributed by atoms with E-state index in [9.17, 15) is 4.79 Å². The molecular weight excluding hydrogens is 256 g/mol. The highest BCUT2D eigenvalue weighted by Gasteiger charge is 2.24. The van der Waals surface area contributed by atoms with E-state index in [2.05, 4.69) is 29.7 Å². The highest BCUT2D eigenvalue weighted by atomic mass is 32.2. The summed E-state index contributed by atoms with van der Waals surface area (Å²) in [6.45, 7) is 4.76. The van der Waals surface area contributed by atoms with Gasteiger partial charge < -0.3 is 10.6 Å². The first-order valence-electron chi connectivity index (χ1n) is 6.95. The zero-order valence-electron chi connectivity index (χ0n) is 11.6. The normalized spacial score (nSPS) is 22.4. The van der Waals surface area contributed by atoms with E-state index in [1.54, 1.807) is 0 Å². The fourth-order valence-electron chi connectivity index (χ4n) is 2.53. The third-order valence-electron chi connectivity index (χ3n) is 3.35. The number of amides is 1. The molecule has 104 valence electrons. The van der Waals surface area contributed by atoms with Gasteiger partial charge in [0.15, 0.2) is 0 Å². The molecule has 0 heterocycles. The van der Waals surface area contributed by atoms with Gasteiger partial charge in [0.25, 0.3) is 0 Å². The van der Waals surface area contributed by atoms with Crippen molar-refractivity contribution < 1.29 is 4.79 Å². The Morgan fingerprint density at radius 2 is 2.05 bits per heavy atom. The molecule has 19 heavy (non-hydrogen) atoms. The Balaban J connectivity index is 1.85. The van der Waals surface area contributed by atoms with Gasteiger partial charge in [0.2, 0.25) is 5.91 Å². The molecule has 2 rings (SSSR count). The smallest absolute Gasteiger partial charge is 0.221 e. The summed E-state index contributed by atoms with van der Waals surface area (Å²) in [5.41, 5.74) is 0.869. The van der Waals surface area contributed by atoms with Crippen LogP contribution in [0.25, 0.3) is 0 Å². The van der Waals surface area contributed by atoms with E-state index in [0.717, 1.165) is 17.5 Å². The average molecular weight is 278 g/mol. The van der Waals surface area contributed by atoms with Gasteiger partial charge in [-0.3, -0.25) is 4.79 Å². The van der Waals surface area contributed by atoms with Crippen LogP contribution in [0.15, 0.2) is 29.2 Å². The van der Waals surface area contributed by atoms with Crippen LogP contribution in [-0.2, 0) is 4.79 Å². The summed E-state index contributed by atoms with van der Waals surface area (Å²) in [5, 5.41) is 7.04. The van der Waals surface area contributed by atoms with Crippen molar-refractivity contribution in [2.24, 2.45) is 0 Å². The summed E-state index contributed by atoms with van der Waals surface area (Å²) in [7, 11) is 0. The van der Waals surface area contributed by atoms with Crippen molar-refractivity contribution in [3.8, 4) is 0 Å².